The Labute approximate surface area is 129 Å². The molecule has 0 N–H and O–H groups in total. The first-order chi connectivity index (χ1) is 10.6. The lowest BCUT2D eigenvalue weighted by atomic mass is 9.93. The van der Waals surface area contributed by atoms with Gasteiger partial charge in [-0.15, -0.1) is 0 Å². The van der Waals surface area contributed by atoms with Gasteiger partial charge in [0.2, 0.25) is 0 Å². The minimum Gasteiger partial charge on any atom is -0.497 e. The van der Waals surface area contributed by atoms with Gasteiger partial charge < -0.3 is 18.9 Å². The Bertz CT molecular complexity index is 535. The standard InChI is InChI=1S/C16H20O6/c1-4-20-15(17)14(16(18)21-5-2)11-9-12-10(6-7-22-12)8-13(11)19-3/h8-10H,4-7H2,1-3H3. The maximum atomic E-state index is 12.2. The monoisotopic (exact) mass is 308 g/mol. The minimum absolute atomic E-state index is 0.115. The Hall–Kier alpha value is -2.24. The lowest BCUT2D eigenvalue weighted by molar-refractivity contribution is -0.146. The van der Waals surface area contributed by atoms with Crippen LogP contribution < -0.4 is 0 Å². The molecule has 6 heteroatoms. The van der Waals surface area contributed by atoms with Crippen LogP contribution in [0.15, 0.2) is 34.8 Å². The van der Waals surface area contributed by atoms with E-state index in [0.717, 1.165) is 12.2 Å². The molecule has 0 amide bonds. The second-order valence-corrected chi connectivity index (χ2v) is 4.75. The van der Waals surface area contributed by atoms with E-state index in [0.29, 0.717) is 17.9 Å². The second-order valence-electron chi connectivity index (χ2n) is 4.75. The van der Waals surface area contributed by atoms with Gasteiger partial charge in [0.1, 0.15) is 11.5 Å². The molecule has 0 aromatic heterocycles. The van der Waals surface area contributed by atoms with Crippen molar-refractivity contribution in [2.75, 3.05) is 26.9 Å². The zero-order chi connectivity index (χ0) is 16.1. The van der Waals surface area contributed by atoms with Crippen molar-refractivity contribution < 1.29 is 28.5 Å². The van der Waals surface area contributed by atoms with Crippen molar-refractivity contribution in [1.82, 2.24) is 0 Å². The van der Waals surface area contributed by atoms with Gasteiger partial charge in [0.05, 0.1) is 26.9 Å². The predicted octanol–water partition coefficient (Wildman–Crippen LogP) is 1.87. The number of carbonyl (C=O) groups is 2. The SMILES string of the molecule is CCOC(=O)C(C(=O)OCC)=C1C=C2OCCC2C=C1OC. The highest BCUT2D eigenvalue weighted by molar-refractivity contribution is 6.15. The van der Waals surface area contributed by atoms with Crippen LogP contribution in [-0.2, 0) is 28.5 Å². The summed E-state index contributed by atoms with van der Waals surface area (Å²) in [5, 5.41) is 0. The van der Waals surface area contributed by atoms with Crippen LogP contribution in [-0.4, -0.2) is 38.9 Å². The largest absolute Gasteiger partial charge is 0.497 e. The Morgan fingerprint density at radius 2 is 1.86 bits per heavy atom. The van der Waals surface area contributed by atoms with Crippen LogP contribution in [0.25, 0.3) is 0 Å². The van der Waals surface area contributed by atoms with Gasteiger partial charge in [-0.1, -0.05) is 0 Å². The lowest BCUT2D eigenvalue weighted by Crippen LogP contribution is -2.22. The number of carbonyl (C=O) groups excluding carboxylic acids is 2. The molecule has 22 heavy (non-hydrogen) atoms. The van der Waals surface area contributed by atoms with Gasteiger partial charge in [-0.25, -0.2) is 9.59 Å². The molecule has 1 aliphatic heterocycles. The number of fused-ring (bicyclic) bond motifs is 1. The fourth-order valence-corrected chi connectivity index (χ4v) is 2.44. The van der Waals surface area contributed by atoms with Crippen LogP contribution >= 0.6 is 0 Å². The van der Waals surface area contributed by atoms with Gasteiger partial charge in [0.25, 0.3) is 0 Å². The van der Waals surface area contributed by atoms with E-state index in [1.165, 1.54) is 7.11 Å². The van der Waals surface area contributed by atoms with E-state index in [4.69, 9.17) is 18.9 Å². The summed E-state index contributed by atoms with van der Waals surface area (Å²) in [6, 6.07) is 0. The average molecular weight is 308 g/mol. The van der Waals surface area contributed by atoms with E-state index < -0.39 is 11.9 Å². The first-order valence-corrected chi connectivity index (χ1v) is 7.31. The van der Waals surface area contributed by atoms with Crippen LogP contribution in [0.4, 0.5) is 0 Å². The fraction of sp³-hybridized carbons (Fsp3) is 0.500. The minimum atomic E-state index is -0.729. The summed E-state index contributed by atoms with van der Waals surface area (Å²) in [6.07, 6.45) is 4.37. The van der Waals surface area contributed by atoms with E-state index in [1.807, 2.05) is 6.08 Å². The van der Waals surface area contributed by atoms with Crippen molar-refractivity contribution in [3.05, 3.63) is 34.8 Å². The van der Waals surface area contributed by atoms with Gasteiger partial charge in [-0.05, 0) is 32.4 Å². The van der Waals surface area contributed by atoms with E-state index in [9.17, 15) is 9.59 Å². The van der Waals surface area contributed by atoms with Crippen LogP contribution in [0.5, 0.6) is 0 Å². The number of esters is 2. The highest BCUT2D eigenvalue weighted by Gasteiger charge is 2.33. The summed E-state index contributed by atoms with van der Waals surface area (Å²) in [5.41, 5.74) is 0.172. The summed E-state index contributed by atoms with van der Waals surface area (Å²) in [4.78, 5) is 24.4. The third kappa shape index (κ3) is 3.16. The maximum absolute atomic E-state index is 12.2. The maximum Gasteiger partial charge on any atom is 0.346 e. The Morgan fingerprint density at radius 1 is 1.23 bits per heavy atom. The van der Waals surface area contributed by atoms with Crippen molar-refractivity contribution in [1.29, 1.82) is 0 Å². The highest BCUT2D eigenvalue weighted by atomic mass is 16.6. The van der Waals surface area contributed by atoms with Crippen LogP contribution in [0, 0.1) is 5.92 Å². The highest BCUT2D eigenvalue weighted by Crippen LogP contribution is 2.36. The number of methoxy groups -OCH3 is 1. The first kappa shape index (κ1) is 16.1. The number of hydrogen-bond donors (Lipinski definition) is 0. The quantitative estimate of drug-likeness (QED) is 0.334. The molecule has 2 aliphatic rings. The number of allylic oxidation sites excluding steroid dienone is 2. The molecule has 0 aromatic carbocycles. The molecular formula is C16H20O6. The summed E-state index contributed by atoms with van der Waals surface area (Å²) in [5.74, 6) is -0.166. The summed E-state index contributed by atoms with van der Waals surface area (Å²) in [7, 11) is 1.49. The molecule has 1 unspecified atom stereocenters. The number of ether oxygens (including phenoxy) is 4. The molecule has 1 heterocycles. The van der Waals surface area contributed by atoms with E-state index in [-0.39, 0.29) is 24.7 Å². The smallest absolute Gasteiger partial charge is 0.346 e. The Morgan fingerprint density at radius 3 is 2.41 bits per heavy atom. The third-order valence-corrected chi connectivity index (χ3v) is 3.42. The molecule has 1 aliphatic carbocycles. The zero-order valence-corrected chi connectivity index (χ0v) is 13.0. The van der Waals surface area contributed by atoms with E-state index in [1.54, 1.807) is 19.9 Å². The zero-order valence-electron chi connectivity index (χ0n) is 13.0. The van der Waals surface area contributed by atoms with Crippen molar-refractivity contribution in [2.45, 2.75) is 20.3 Å². The molecule has 1 saturated heterocycles. The van der Waals surface area contributed by atoms with Crippen molar-refractivity contribution in [3.63, 3.8) is 0 Å². The molecule has 120 valence electrons. The van der Waals surface area contributed by atoms with Crippen LogP contribution in [0.3, 0.4) is 0 Å². The van der Waals surface area contributed by atoms with E-state index in [2.05, 4.69) is 0 Å². The lowest BCUT2D eigenvalue weighted by Gasteiger charge is -2.19. The molecule has 1 atom stereocenters. The predicted molar refractivity (Wildman–Crippen MR) is 77.5 cm³/mol. The molecule has 6 nitrogen and oxygen atoms in total. The second kappa shape index (κ2) is 7.15. The molecule has 0 spiro atoms. The third-order valence-electron chi connectivity index (χ3n) is 3.42. The normalized spacial score (nSPS) is 19.4. The van der Waals surface area contributed by atoms with Gasteiger partial charge in [-0.2, -0.15) is 0 Å². The summed E-state index contributed by atoms with van der Waals surface area (Å²) >= 11 is 0. The molecule has 0 radical (unpaired) electrons. The van der Waals surface area contributed by atoms with Crippen LogP contribution in [0.2, 0.25) is 0 Å². The van der Waals surface area contributed by atoms with Crippen molar-refractivity contribution in [3.8, 4) is 0 Å². The van der Waals surface area contributed by atoms with Gasteiger partial charge in [0.15, 0.2) is 5.57 Å². The molecular weight excluding hydrogens is 288 g/mol. The molecule has 0 bridgehead atoms. The Balaban J connectivity index is 2.50. The number of hydrogen-bond acceptors (Lipinski definition) is 6. The summed E-state index contributed by atoms with van der Waals surface area (Å²) < 4.78 is 20.8. The average Bonchev–Trinajstić information content (AvgIpc) is 2.94. The topological polar surface area (TPSA) is 71.1 Å². The molecule has 2 rings (SSSR count). The molecule has 0 saturated carbocycles. The van der Waals surface area contributed by atoms with E-state index >= 15 is 0 Å². The molecule has 0 aromatic rings. The fourth-order valence-electron chi connectivity index (χ4n) is 2.44. The van der Waals surface area contributed by atoms with Gasteiger partial charge in [0, 0.05) is 11.5 Å². The van der Waals surface area contributed by atoms with Gasteiger partial charge >= 0.3 is 11.9 Å². The molecule has 1 fully saturated rings. The summed E-state index contributed by atoms with van der Waals surface area (Å²) in [6.45, 7) is 4.28. The number of rotatable bonds is 5. The van der Waals surface area contributed by atoms with Crippen molar-refractivity contribution in [2.24, 2.45) is 5.92 Å². The van der Waals surface area contributed by atoms with Crippen molar-refractivity contribution >= 4 is 11.9 Å². The first-order valence-electron chi connectivity index (χ1n) is 7.31. The Kier molecular flexibility index (Phi) is 5.25. The van der Waals surface area contributed by atoms with Crippen LogP contribution in [0.1, 0.15) is 20.3 Å². The van der Waals surface area contributed by atoms with Gasteiger partial charge in [-0.3, -0.25) is 0 Å².